The molecule has 1 aromatic rings. The van der Waals surface area contributed by atoms with E-state index >= 15 is 0 Å². The predicted octanol–water partition coefficient (Wildman–Crippen LogP) is 5.96. The number of unbranched alkanes of at least 4 members (excludes halogenated alkanes) is 8. The first-order valence-electron chi connectivity index (χ1n) is 9.72. The average Bonchev–Trinajstić information content (AvgIpc) is 3.14. The first kappa shape index (κ1) is 22.6. The van der Waals surface area contributed by atoms with Crippen LogP contribution in [-0.2, 0) is 9.47 Å². The molecule has 0 aromatic carbocycles. The van der Waals surface area contributed by atoms with Crippen molar-refractivity contribution < 1.29 is 9.47 Å². The fourth-order valence-corrected chi connectivity index (χ4v) is 3.23. The first-order valence-corrected chi connectivity index (χ1v) is 11.2. The van der Waals surface area contributed by atoms with E-state index < -0.39 is 0 Å². The Balaban J connectivity index is 1.71. The molecule has 0 aliphatic heterocycles. The molecule has 0 fully saturated rings. The normalized spacial score (nSPS) is 10.6. The van der Waals surface area contributed by atoms with E-state index in [0.29, 0.717) is 0 Å². The van der Waals surface area contributed by atoms with Gasteiger partial charge in [0.2, 0.25) is 0 Å². The third-order valence-corrected chi connectivity index (χ3v) is 4.85. The van der Waals surface area contributed by atoms with Crippen molar-refractivity contribution in [2.75, 3.05) is 32.2 Å². The lowest BCUT2D eigenvalue weighted by molar-refractivity contribution is 0.0870. The van der Waals surface area contributed by atoms with E-state index in [9.17, 15) is 0 Å². The molecule has 25 heavy (non-hydrogen) atoms. The minimum Gasteiger partial charge on any atom is -0.381 e. The first-order chi connectivity index (χ1) is 12.4. The van der Waals surface area contributed by atoms with Crippen molar-refractivity contribution >= 4 is 24.0 Å². The highest BCUT2D eigenvalue weighted by atomic mass is 32.1. The van der Waals surface area contributed by atoms with Crippen LogP contribution in [0.1, 0.15) is 69.1 Å². The van der Waals surface area contributed by atoms with Gasteiger partial charge in [-0.15, -0.1) is 11.3 Å². The van der Waals surface area contributed by atoms with E-state index in [0.717, 1.165) is 45.0 Å². The highest BCUT2D eigenvalue weighted by Gasteiger charge is 1.94. The molecular formula is C21H34O2S2. The van der Waals surface area contributed by atoms with Gasteiger partial charge in [0.05, 0.1) is 11.5 Å². The van der Waals surface area contributed by atoms with Gasteiger partial charge in [-0.25, -0.2) is 0 Å². The Morgan fingerprint density at radius 1 is 0.800 bits per heavy atom. The largest absolute Gasteiger partial charge is 0.381 e. The maximum absolute atomic E-state index is 5.61. The van der Waals surface area contributed by atoms with Crippen LogP contribution in [0, 0.1) is 11.8 Å². The van der Waals surface area contributed by atoms with Crippen LogP contribution in [0.3, 0.4) is 0 Å². The molecule has 0 bridgehead atoms. The topological polar surface area (TPSA) is 18.5 Å². The number of rotatable bonds is 16. The molecule has 0 saturated heterocycles. The Labute approximate surface area is 164 Å². The molecule has 1 aromatic heterocycles. The van der Waals surface area contributed by atoms with Crippen LogP contribution in [0.5, 0.6) is 0 Å². The SMILES string of the molecule is SCCOCCCOCCCCCCCCCCC#Cc1cccs1. The lowest BCUT2D eigenvalue weighted by Crippen LogP contribution is -2.03. The van der Waals surface area contributed by atoms with Crippen LogP contribution in [0.15, 0.2) is 17.5 Å². The van der Waals surface area contributed by atoms with Crippen molar-refractivity contribution in [2.24, 2.45) is 0 Å². The van der Waals surface area contributed by atoms with Gasteiger partial charge in [-0.1, -0.05) is 56.4 Å². The zero-order chi connectivity index (χ0) is 17.8. The second-order valence-corrected chi connectivity index (χ2v) is 7.55. The maximum Gasteiger partial charge on any atom is 0.0768 e. The van der Waals surface area contributed by atoms with Gasteiger partial charge in [0.25, 0.3) is 0 Å². The third kappa shape index (κ3) is 15.5. The van der Waals surface area contributed by atoms with Crippen molar-refractivity contribution in [1.29, 1.82) is 0 Å². The van der Waals surface area contributed by atoms with Gasteiger partial charge < -0.3 is 9.47 Å². The summed E-state index contributed by atoms with van der Waals surface area (Å²) < 4.78 is 11.0. The fraction of sp³-hybridized carbons (Fsp3) is 0.714. The Morgan fingerprint density at radius 2 is 1.44 bits per heavy atom. The predicted molar refractivity (Wildman–Crippen MR) is 113 cm³/mol. The average molecular weight is 383 g/mol. The van der Waals surface area contributed by atoms with Gasteiger partial charge >= 0.3 is 0 Å². The van der Waals surface area contributed by atoms with Gasteiger partial charge in [-0.2, -0.15) is 12.6 Å². The molecule has 0 amide bonds. The Bertz CT molecular complexity index is 434. The Kier molecular flexibility index (Phi) is 16.5. The molecule has 4 heteroatoms. The highest BCUT2D eigenvalue weighted by molar-refractivity contribution is 7.80. The summed E-state index contributed by atoms with van der Waals surface area (Å²) in [5.41, 5.74) is 0. The molecule has 1 heterocycles. The second-order valence-electron chi connectivity index (χ2n) is 6.16. The number of thiol groups is 1. The van der Waals surface area contributed by atoms with Crippen molar-refractivity contribution in [3.8, 4) is 11.8 Å². The minimum absolute atomic E-state index is 0.742. The molecule has 0 atom stereocenters. The molecule has 142 valence electrons. The van der Waals surface area contributed by atoms with E-state index in [1.54, 1.807) is 11.3 Å². The lowest BCUT2D eigenvalue weighted by atomic mass is 10.1. The molecule has 0 N–H and O–H groups in total. The molecule has 0 aliphatic carbocycles. The summed E-state index contributed by atoms with van der Waals surface area (Å²) in [6, 6.07) is 4.14. The smallest absolute Gasteiger partial charge is 0.0768 e. The van der Waals surface area contributed by atoms with Gasteiger partial charge in [0.15, 0.2) is 0 Å². The van der Waals surface area contributed by atoms with E-state index in [1.807, 2.05) is 0 Å². The third-order valence-electron chi connectivity index (χ3n) is 3.89. The summed E-state index contributed by atoms with van der Waals surface area (Å²) in [4.78, 5) is 1.19. The van der Waals surface area contributed by atoms with Crippen LogP contribution >= 0.6 is 24.0 Å². The van der Waals surface area contributed by atoms with Crippen molar-refractivity contribution in [3.63, 3.8) is 0 Å². The van der Waals surface area contributed by atoms with E-state index in [4.69, 9.17) is 9.47 Å². The molecule has 2 nitrogen and oxygen atoms in total. The van der Waals surface area contributed by atoms with Gasteiger partial charge in [-0.3, -0.25) is 0 Å². The van der Waals surface area contributed by atoms with E-state index in [1.165, 1.54) is 56.2 Å². The van der Waals surface area contributed by atoms with Gasteiger partial charge in [0, 0.05) is 32.0 Å². The molecule has 0 aliphatic rings. The summed E-state index contributed by atoms with van der Waals surface area (Å²) in [5.74, 6) is 7.29. The van der Waals surface area contributed by atoms with Crippen LogP contribution in [-0.4, -0.2) is 32.2 Å². The monoisotopic (exact) mass is 382 g/mol. The summed E-state index contributed by atoms with van der Waals surface area (Å²) in [6.45, 7) is 3.25. The molecule has 0 radical (unpaired) electrons. The summed E-state index contributed by atoms with van der Waals surface area (Å²) in [5, 5.41) is 2.08. The van der Waals surface area contributed by atoms with Crippen LogP contribution in [0.25, 0.3) is 0 Å². The van der Waals surface area contributed by atoms with Crippen molar-refractivity contribution in [3.05, 3.63) is 22.4 Å². The van der Waals surface area contributed by atoms with Crippen molar-refractivity contribution in [1.82, 2.24) is 0 Å². The Hall–Kier alpha value is -0.470. The quantitative estimate of drug-likeness (QED) is 0.216. The highest BCUT2D eigenvalue weighted by Crippen LogP contribution is 2.10. The molecular weight excluding hydrogens is 348 g/mol. The Morgan fingerprint density at radius 3 is 2.12 bits per heavy atom. The van der Waals surface area contributed by atoms with Gasteiger partial charge in [0.1, 0.15) is 0 Å². The van der Waals surface area contributed by atoms with Crippen LogP contribution in [0.4, 0.5) is 0 Å². The summed E-state index contributed by atoms with van der Waals surface area (Å²) >= 11 is 5.82. The van der Waals surface area contributed by atoms with E-state index in [-0.39, 0.29) is 0 Å². The molecule has 0 saturated carbocycles. The zero-order valence-electron chi connectivity index (χ0n) is 15.5. The van der Waals surface area contributed by atoms with Crippen LogP contribution in [0.2, 0.25) is 0 Å². The second kappa shape index (κ2) is 18.3. The number of hydrogen-bond donors (Lipinski definition) is 1. The molecule has 0 spiro atoms. The lowest BCUT2D eigenvalue weighted by Gasteiger charge is -2.05. The summed E-state index contributed by atoms with van der Waals surface area (Å²) in [6.07, 6.45) is 12.5. The zero-order valence-corrected chi connectivity index (χ0v) is 17.2. The molecule has 1 rings (SSSR count). The summed E-state index contributed by atoms with van der Waals surface area (Å²) in [7, 11) is 0. The standard InChI is InChI=1S/C21H34O2S2/c24-19-18-23-17-12-16-22-15-10-8-6-4-2-1-3-5-7-9-13-21-14-11-20-25-21/h11,14,20,24H,1-8,10,12,15-19H2. The minimum atomic E-state index is 0.742. The van der Waals surface area contributed by atoms with Crippen molar-refractivity contribution in [2.45, 2.75) is 64.2 Å². The number of ether oxygens (including phenoxy) is 2. The van der Waals surface area contributed by atoms with E-state index in [2.05, 4.69) is 42.0 Å². The maximum atomic E-state index is 5.61. The number of thiophene rings is 1. The molecule has 0 unspecified atom stereocenters. The van der Waals surface area contributed by atoms with Crippen LogP contribution < -0.4 is 0 Å². The van der Waals surface area contributed by atoms with Gasteiger partial charge in [-0.05, 0) is 30.7 Å². The number of hydrogen-bond acceptors (Lipinski definition) is 4. The fourth-order valence-electron chi connectivity index (χ4n) is 2.51.